The van der Waals surface area contributed by atoms with Gasteiger partial charge < -0.3 is 15.1 Å². The fraction of sp³-hybridized carbons (Fsp3) is 0.263. The van der Waals surface area contributed by atoms with Crippen LogP contribution in [0, 0.1) is 0 Å². The quantitative estimate of drug-likeness (QED) is 0.583. The van der Waals surface area contributed by atoms with Crippen molar-refractivity contribution in [3.63, 3.8) is 0 Å². The van der Waals surface area contributed by atoms with Crippen LogP contribution in [0.5, 0.6) is 0 Å². The fourth-order valence-corrected chi connectivity index (χ4v) is 3.82. The molecule has 0 radical (unpaired) electrons. The number of furan rings is 1. The van der Waals surface area contributed by atoms with Gasteiger partial charge in [0.25, 0.3) is 0 Å². The van der Waals surface area contributed by atoms with Crippen LogP contribution in [0.1, 0.15) is 17.2 Å². The van der Waals surface area contributed by atoms with Crippen LogP contribution in [0.4, 0.5) is 0 Å². The van der Waals surface area contributed by atoms with E-state index in [0.717, 1.165) is 5.56 Å². The Bertz CT molecular complexity index is 938. The Hall–Kier alpha value is -3.07. The number of carbonyl (C=O) groups is 2. The lowest BCUT2D eigenvalue weighted by atomic mass is 10.1. The number of carbonyl (C=O) groups excluding carboxylic acids is 2. The molecule has 2 heterocycles. The monoisotopic (exact) mass is 399 g/mol. The molecule has 2 amide bonds. The van der Waals surface area contributed by atoms with Gasteiger partial charge in [0.15, 0.2) is 16.7 Å². The van der Waals surface area contributed by atoms with E-state index in [9.17, 15) is 9.59 Å². The number of thioether (sulfide) groups is 1. The first-order valence-electron chi connectivity index (χ1n) is 8.65. The van der Waals surface area contributed by atoms with Gasteiger partial charge in [0.05, 0.1) is 6.26 Å². The van der Waals surface area contributed by atoms with Gasteiger partial charge in [-0.3, -0.25) is 14.2 Å². The highest BCUT2D eigenvalue weighted by Crippen LogP contribution is 2.37. The van der Waals surface area contributed by atoms with E-state index in [1.807, 2.05) is 30.3 Å². The van der Waals surface area contributed by atoms with E-state index < -0.39 is 11.2 Å². The van der Waals surface area contributed by atoms with Crippen LogP contribution in [-0.4, -0.2) is 45.6 Å². The first-order valence-corrected chi connectivity index (χ1v) is 9.53. The molecule has 1 aromatic carbocycles. The minimum absolute atomic E-state index is 0.0693. The van der Waals surface area contributed by atoms with E-state index in [2.05, 4.69) is 10.2 Å². The van der Waals surface area contributed by atoms with Crippen LogP contribution in [0.25, 0.3) is 11.6 Å². The van der Waals surface area contributed by atoms with Gasteiger partial charge in [-0.1, -0.05) is 42.1 Å². The highest BCUT2D eigenvalue weighted by atomic mass is 32.2. The second-order valence-corrected chi connectivity index (χ2v) is 7.36. The van der Waals surface area contributed by atoms with Crippen LogP contribution in [-0.2, 0) is 16.1 Å². The number of likely N-dealkylation sites (N-methyl/N-ethyl adjacent to an activating group) is 1. The average Bonchev–Trinajstić information content (AvgIpc) is 3.34. The molecule has 8 nitrogen and oxygen atoms in total. The Kier molecular flexibility index (Phi) is 6.15. The Balaban J connectivity index is 1.98. The summed E-state index contributed by atoms with van der Waals surface area (Å²) < 4.78 is 7.19. The topological polar surface area (TPSA) is 107 Å². The molecule has 0 aliphatic heterocycles. The van der Waals surface area contributed by atoms with Crippen molar-refractivity contribution in [3.05, 3.63) is 54.3 Å². The fourth-order valence-electron chi connectivity index (χ4n) is 2.62. The maximum Gasteiger partial charge on any atom is 0.240 e. The zero-order chi connectivity index (χ0) is 20.1. The number of hydrogen-bond donors (Lipinski definition) is 1. The predicted molar refractivity (Wildman–Crippen MR) is 105 cm³/mol. The van der Waals surface area contributed by atoms with Gasteiger partial charge in [-0.05, 0) is 17.7 Å². The van der Waals surface area contributed by atoms with Crippen LogP contribution < -0.4 is 5.73 Å². The maximum atomic E-state index is 12.8. The predicted octanol–water partition coefficient (Wildman–Crippen LogP) is 2.34. The van der Waals surface area contributed by atoms with Crippen molar-refractivity contribution in [2.75, 3.05) is 14.1 Å². The number of aromatic nitrogens is 3. The normalized spacial score (nSPS) is 11.9. The van der Waals surface area contributed by atoms with Gasteiger partial charge in [0, 0.05) is 27.1 Å². The molecular weight excluding hydrogens is 378 g/mol. The largest absolute Gasteiger partial charge is 0.461 e. The summed E-state index contributed by atoms with van der Waals surface area (Å²) in [6, 6.07) is 13.0. The Morgan fingerprint density at radius 1 is 1.18 bits per heavy atom. The van der Waals surface area contributed by atoms with Crippen LogP contribution >= 0.6 is 11.8 Å². The summed E-state index contributed by atoms with van der Waals surface area (Å²) in [5, 5.41) is 8.47. The molecule has 0 aliphatic carbocycles. The minimum atomic E-state index is -0.503. The summed E-state index contributed by atoms with van der Waals surface area (Å²) in [5.41, 5.74) is 6.18. The summed E-state index contributed by atoms with van der Waals surface area (Å²) in [5.74, 6) is 0.510. The summed E-state index contributed by atoms with van der Waals surface area (Å²) in [7, 11) is 3.43. The molecular formula is C19H21N5O3S. The van der Waals surface area contributed by atoms with E-state index in [0.29, 0.717) is 23.3 Å². The Labute approximate surface area is 166 Å². The van der Waals surface area contributed by atoms with E-state index in [1.165, 1.54) is 18.0 Å². The molecule has 3 rings (SSSR count). The van der Waals surface area contributed by atoms with Gasteiger partial charge in [-0.25, -0.2) is 0 Å². The molecule has 0 saturated heterocycles. The lowest BCUT2D eigenvalue weighted by Gasteiger charge is -2.20. The van der Waals surface area contributed by atoms with Gasteiger partial charge in [0.1, 0.15) is 5.25 Å². The highest BCUT2D eigenvalue weighted by molar-refractivity contribution is 8.00. The molecule has 146 valence electrons. The summed E-state index contributed by atoms with van der Waals surface area (Å²) >= 11 is 1.28. The second-order valence-electron chi connectivity index (χ2n) is 6.29. The van der Waals surface area contributed by atoms with Gasteiger partial charge in [-0.15, -0.1) is 10.2 Å². The SMILES string of the molecule is CN(C)C(=O)[C@@H](Sc1nnc(-c2ccco2)n1CCC(N)=O)c1ccccc1. The van der Waals surface area contributed by atoms with E-state index >= 15 is 0 Å². The van der Waals surface area contributed by atoms with E-state index in [-0.39, 0.29) is 12.3 Å². The molecule has 3 aromatic rings. The zero-order valence-corrected chi connectivity index (χ0v) is 16.4. The number of primary amides is 1. The number of nitrogens with zero attached hydrogens (tertiary/aromatic N) is 4. The molecule has 2 N–H and O–H groups in total. The van der Waals surface area contributed by atoms with E-state index in [4.69, 9.17) is 10.2 Å². The molecule has 0 saturated carbocycles. The average molecular weight is 399 g/mol. The van der Waals surface area contributed by atoms with Crippen molar-refractivity contribution in [2.24, 2.45) is 5.73 Å². The van der Waals surface area contributed by atoms with Crippen molar-refractivity contribution >= 4 is 23.6 Å². The van der Waals surface area contributed by atoms with Crippen LogP contribution in [0.2, 0.25) is 0 Å². The summed E-state index contributed by atoms with van der Waals surface area (Å²) in [6.45, 7) is 0.290. The highest BCUT2D eigenvalue weighted by Gasteiger charge is 2.27. The van der Waals surface area contributed by atoms with Crippen LogP contribution in [0.15, 0.2) is 58.3 Å². The lowest BCUT2D eigenvalue weighted by Crippen LogP contribution is -2.27. The molecule has 0 spiro atoms. The molecule has 0 aliphatic rings. The lowest BCUT2D eigenvalue weighted by molar-refractivity contribution is -0.128. The third kappa shape index (κ3) is 4.42. The molecule has 1 atom stereocenters. The molecule has 9 heteroatoms. The Morgan fingerprint density at radius 3 is 2.54 bits per heavy atom. The molecule has 28 heavy (non-hydrogen) atoms. The first-order chi connectivity index (χ1) is 13.5. The van der Waals surface area contributed by atoms with Gasteiger partial charge >= 0.3 is 0 Å². The zero-order valence-electron chi connectivity index (χ0n) is 15.6. The second kappa shape index (κ2) is 8.75. The first kappa shape index (κ1) is 19.7. The van der Waals surface area contributed by atoms with Crippen molar-refractivity contribution in [2.45, 2.75) is 23.4 Å². The third-order valence-corrected chi connectivity index (χ3v) is 5.25. The maximum absolute atomic E-state index is 12.8. The number of hydrogen-bond acceptors (Lipinski definition) is 6. The van der Waals surface area contributed by atoms with E-state index in [1.54, 1.807) is 35.7 Å². The summed E-state index contributed by atoms with van der Waals surface area (Å²) in [4.78, 5) is 25.7. The number of amides is 2. The van der Waals surface area contributed by atoms with Crippen molar-refractivity contribution < 1.29 is 14.0 Å². The van der Waals surface area contributed by atoms with Crippen molar-refractivity contribution in [1.29, 1.82) is 0 Å². The molecule has 0 fully saturated rings. The van der Waals surface area contributed by atoms with Crippen molar-refractivity contribution in [1.82, 2.24) is 19.7 Å². The minimum Gasteiger partial charge on any atom is -0.461 e. The standard InChI is InChI=1S/C19H21N5O3S/c1-23(2)18(26)16(13-7-4-3-5-8-13)28-19-22-21-17(14-9-6-12-27-14)24(19)11-10-15(20)25/h3-9,12,16H,10-11H2,1-2H3,(H2,20,25)/t16-/m0/s1. The number of rotatable bonds is 8. The smallest absolute Gasteiger partial charge is 0.240 e. The summed E-state index contributed by atoms with van der Waals surface area (Å²) in [6.07, 6.45) is 1.66. The van der Waals surface area contributed by atoms with Crippen LogP contribution in [0.3, 0.4) is 0 Å². The Morgan fingerprint density at radius 2 is 1.93 bits per heavy atom. The number of benzene rings is 1. The van der Waals surface area contributed by atoms with Crippen molar-refractivity contribution in [3.8, 4) is 11.6 Å². The third-order valence-electron chi connectivity index (χ3n) is 4.03. The van der Waals surface area contributed by atoms with Gasteiger partial charge in [0.2, 0.25) is 11.8 Å². The van der Waals surface area contributed by atoms with Gasteiger partial charge in [-0.2, -0.15) is 0 Å². The molecule has 0 unspecified atom stereocenters. The molecule has 2 aromatic heterocycles. The number of nitrogens with two attached hydrogens (primary N) is 1. The molecule has 0 bridgehead atoms.